The molecule has 1 amide bonds. The van der Waals surface area contributed by atoms with E-state index in [1.54, 1.807) is 19.2 Å². The molecular weight excluding hydrogens is 342 g/mol. The van der Waals surface area contributed by atoms with Gasteiger partial charge in [0.25, 0.3) is 0 Å². The van der Waals surface area contributed by atoms with Gasteiger partial charge in [-0.1, -0.05) is 24.3 Å². The van der Waals surface area contributed by atoms with E-state index >= 15 is 0 Å². The van der Waals surface area contributed by atoms with Gasteiger partial charge in [0.1, 0.15) is 11.5 Å². The number of ether oxygens (including phenoxy) is 2. The lowest BCUT2D eigenvalue weighted by Crippen LogP contribution is -2.34. The van der Waals surface area contributed by atoms with Gasteiger partial charge in [0.05, 0.1) is 13.7 Å². The van der Waals surface area contributed by atoms with Crippen LogP contribution in [0.25, 0.3) is 0 Å². The predicted octanol–water partition coefficient (Wildman–Crippen LogP) is 3.04. The van der Waals surface area contributed by atoms with E-state index in [1.807, 2.05) is 36.2 Å². The third-order valence-corrected chi connectivity index (χ3v) is 3.66. The third-order valence-electron chi connectivity index (χ3n) is 3.66. The second-order valence-corrected chi connectivity index (χ2v) is 5.82. The Balaban J connectivity index is 1.75. The normalized spacial score (nSPS) is 10.8. The molecule has 0 unspecified atom stereocenters. The van der Waals surface area contributed by atoms with Gasteiger partial charge in [-0.2, -0.15) is 8.78 Å². The molecule has 0 aliphatic heterocycles. The number of nitrogens with one attached hydrogen (secondary N) is 1. The fourth-order valence-corrected chi connectivity index (χ4v) is 2.39. The molecule has 140 valence electrons. The largest absolute Gasteiger partial charge is 0.497 e. The maximum absolute atomic E-state index is 12.1. The van der Waals surface area contributed by atoms with Gasteiger partial charge in [0.2, 0.25) is 5.91 Å². The van der Waals surface area contributed by atoms with Crippen LogP contribution in [-0.4, -0.2) is 38.1 Å². The zero-order valence-corrected chi connectivity index (χ0v) is 14.7. The summed E-state index contributed by atoms with van der Waals surface area (Å²) in [5.41, 5.74) is 1.88. The number of halogens is 2. The molecule has 0 heterocycles. The van der Waals surface area contributed by atoms with Crippen LogP contribution in [0.1, 0.15) is 11.1 Å². The standard InChI is InChI=1S/C19H22F2N2O3/c1-23(12-15-5-9-17(10-6-15)26-19(20)21)13-18(24)22-11-14-3-7-16(25-2)8-4-14/h3-10,19H,11-13H2,1-2H3,(H,22,24). The fraction of sp³-hybridized carbons (Fsp3) is 0.316. The molecule has 0 bridgehead atoms. The topological polar surface area (TPSA) is 50.8 Å². The summed E-state index contributed by atoms with van der Waals surface area (Å²) in [7, 11) is 3.42. The third kappa shape index (κ3) is 6.68. The van der Waals surface area contributed by atoms with E-state index < -0.39 is 6.61 Å². The summed E-state index contributed by atoms with van der Waals surface area (Å²) in [5, 5.41) is 2.86. The number of alkyl halides is 2. The van der Waals surface area contributed by atoms with Gasteiger partial charge in [0.15, 0.2) is 0 Å². The van der Waals surface area contributed by atoms with Crippen molar-refractivity contribution < 1.29 is 23.0 Å². The molecule has 7 heteroatoms. The molecule has 0 aromatic heterocycles. The number of hydrogen-bond acceptors (Lipinski definition) is 4. The highest BCUT2D eigenvalue weighted by molar-refractivity contribution is 5.77. The molecule has 2 aromatic rings. The molecule has 5 nitrogen and oxygen atoms in total. The number of carbonyl (C=O) groups is 1. The van der Waals surface area contributed by atoms with Gasteiger partial charge in [-0.25, -0.2) is 0 Å². The molecule has 26 heavy (non-hydrogen) atoms. The summed E-state index contributed by atoms with van der Waals surface area (Å²) < 4.78 is 33.7. The number of likely N-dealkylation sites (N-methyl/N-ethyl adjacent to an activating group) is 1. The molecule has 0 saturated carbocycles. The molecule has 0 fully saturated rings. The van der Waals surface area contributed by atoms with E-state index in [1.165, 1.54) is 12.1 Å². The maximum atomic E-state index is 12.1. The van der Waals surface area contributed by atoms with E-state index in [0.29, 0.717) is 13.1 Å². The smallest absolute Gasteiger partial charge is 0.387 e. The van der Waals surface area contributed by atoms with E-state index in [0.717, 1.165) is 16.9 Å². The number of amides is 1. The van der Waals surface area contributed by atoms with Crippen LogP contribution in [0.15, 0.2) is 48.5 Å². The number of carbonyl (C=O) groups excluding carboxylic acids is 1. The first-order valence-electron chi connectivity index (χ1n) is 8.08. The second kappa shape index (κ2) is 9.72. The summed E-state index contributed by atoms with van der Waals surface area (Å²) in [6.07, 6.45) is 0. The molecule has 2 aromatic carbocycles. The summed E-state index contributed by atoms with van der Waals surface area (Å²) >= 11 is 0. The van der Waals surface area contributed by atoms with Crippen molar-refractivity contribution in [1.29, 1.82) is 0 Å². The Bertz CT molecular complexity index is 691. The number of nitrogens with zero attached hydrogens (tertiary/aromatic N) is 1. The molecule has 0 saturated heterocycles. The Morgan fingerprint density at radius 1 is 1.04 bits per heavy atom. The molecule has 0 atom stereocenters. The van der Waals surface area contributed by atoms with E-state index in [-0.39, 0.29) is 18.2 Å². The highest BCUT2D eigenvalue weighted by Gasteiger charge is 2.08. The van der Waals surface area contributed by atoms with Gasteiger partial charge in [-0.15, -0.1) is 0 Å². The number of benzene rings is 2. The Morgan fingerprint density at radius 3 is 2.19 bits per heavy atom. The second-order valence-electron chi connectivity index (χ2n) is 5.82. The van der Waals surface area contributed by atoms with Crippen molar-refractivity contribution in [3.05, 3.63) is 59.7 Å². The molecule has 0 aliphatic rings. The minimum atomic E-state index is -2.84. The number of hydrogen-bond donors (Lipinski definition) is 1. The van der Waals surface area contributed by atoms with Crippen molar-refractivity contribution >= 4 is 5.91 Å². The summed E-state index contributed by atoms with van der Waals surface area (Å²) in [5.74, 6) is 0.786. The maximum Gasteiger partial charge on any atom is 0.387 e. The first kappa shape index (κ1) is 19.7. The lowest BCUT2D eigenvalue weighted by molar-refractivity contribution is -0.122. The highest BCUT2D eigenvalue weighted by Crippen LogP contribution is 2.15. The van der Waals surface area contributed by atoms with Crippen molar-refractivity contribution in [3.63, 3.8) is 0 Å². The molecule has 0 spiro atoms. The van der Waals surface area contributed by atoms with E-state index in [4.69, 9.17) is 4.74 Å². The Hall–Kier alpha value is -2.67. The summed E-state index contributed by atoms with van der Waals surface area (Å²) in [4.78, 5) is 13.9. The van der Waals surface area contributed by atoms with Crippen LogP contribution in [0.3, 0.4) is 0 Å². The summed E-state index contributed by atoms with van der Waals surface area (Å²) in [6.45, 7) is -1.65. The molecule has 1 N–H and O–H groups in total. The van der Waals surface area contributed by atoms with Crippen LogP contribution < -0.4 is 14.8 Å². The minimum absolute atomic E-state index is 0.0963. The van der Waals surface area contributed by atoms with Crippen LogP contribution in [0.5, 0.6) is 11.5 Å². The van der Waals surface area contributed by atoms with E-state index in [9.17, 15) is 13.6 Å². The monoisotopic (exact) mass is 364 g/mol. The molecule has 0 aliphatic carbocycles. The van der Waals surface area contributed by atoms with Crippen LogP contribution in [-0.2, 0) is 17.9 Å². The first-order chi connectivity index (χ1) is 12.5. The molecular formula is C19H22F2N2O3. The lowest BCUT2D eigenvalue weighted by Gasteiger charge is -2.16. The number of rotatable bonds is 9. The zero-order chi connectivity index (χ0) is 18.9. The van der Waals surface area contributed by atoms with Gasteiger partial charge in [-0.05, 0) is 42.4 Å². The minimum Gasteiger partial charge on any atom is -0.497 e. The fourth-order valence-electron chi connectivity index (χ4n) is 2.39. The van der Waals surface area contributed by atoms with Gasteiger partial charge >= 0.3 is 6.61 Å². The average molecular weight is 364 g/mol. The lowest BCUT2D eigenvalue weighted by atomic mass is 10.2. The Kier molecular flexibility index (Phi) is 7.35. The van der Waals surface area contributed by atoms with E-state index in [2.05, 4.69) is 10.1 Å². The van der Waals surface area contributed by atoms with Crippen molar-refractivity contribution in [3.8, 4) is 11.5 Å². The molecule has 2 rings (SSSR count). The quantitative estimate of drug-likeness (QED) is 0.743. The van der Waals surface area contributed by atoms with Crippen molar-refractivity contribution in [2.24, 2.45) is 0 Å². The van der Waals surface area contributed by atoms with Crippen molar-refractivity contribution in [1.82, 2.24) is 10.2 Å². The Labute approximate surface area is 151 Å². The van der Waals surface area contributed by atoms with Gasteiger partial charge < -0.3 is 14.8 Å². The van der Waals surface area contributed by atoms with Crippen LogP contribution in [0.4, 0.5) is 8.78 Å². The van der Waals surface area contributed by atoms with Crippen LogP contribution in [0.2, 0.25) is 0 Å². The van der Waals surface area contributed by atoms with Crippen LogP contribution >= 0.6 is 0 Å². The average Bonchev–Trinajstić information content (AvgIpc) is 2.61. The van der Waals surface area contributed by atoms with Gasteiger partial charge in [-0.3, -0.25) is 9.69 Å². The van der Waals surface area contributed by atoms with Crippen molar-refractivity contribution in [2.75, 3.05) is 20.7 Å². The van der Waals surface area contributed by atoms with Crippen molar-refractivity contribution in [2.45, 2.75) is 19.7 Å². The Morgan fingerprint density at radius 2 is 1.62 bits per heavy atom. The SMILES string of the molecule is COc1ccc(CNC(=O)CN(C)Cc2ccc(OC(F)F)cc2)cc1. The first-order valence-corrected chi connectivity index (χ1v) is 8.08. The van der Waals surface area contributed by atoms with Gasteiger partial charge in [0, 0.05) is 13.1 Å². The zero-order valence-electron chi connectivity index (χ0n) is 14.7. The summed E-state index contributed by atoms with van der Waals surface area (Å²) in [6, 6.07) is 13.8. The van der Waals surface area contributed by atoms with Crippen LogP contribution in [0, 0.1) is 0 Å². The predicted molar refractivity (Wildman–Crippen MR) is 94.2 cm³/mol. The molecule has 0 radical (unpaired) electrons. The highest BCUT2D eigenvalue weighted by atomic mass is 19.3. The number of methoxy groups -OCH3 is 1.